The Labute approximate surface area is 228 Å². The van der Waals surface area contributed by atoms with Crippen LogP contribution < -0.4 is 0 Å². The van der Waals surface area contributed by atoms with Gasteiger partial charge in [0.05, 0.1) is 46.4 Å². The Morgan fingerprint density at radius 1 is 0.925 bits per heavy atom. The average molecular weight is 544 g/mol. The second kappa shape index (κ2) is 8.65. The smallest absolute Gasteiger partial charge is 0.236 e. The number of carbonyl (C=O) groups excluding carboxylic acids is 1. The highest BCUT2D eigenvalue weighted by atomic mass is 32.1. The summed E-state index contributed by atoms with van der Waals surface area (Å²) in [6.07, 6.45) is 4.92. The zero-order valence-corrected chi connectivity index (χ0v) is 21.5. The molecule has 2 aromatic carbocycles. The molecule has 0 saturated heterocycles. The lowest BCUT2D eigenvalue weighted by Crippen LogP contribution is -2.14. The van der Waals surface area contributed by atoms with Gasteiger partial charge in [-0.25, -0.2) is 14.4 Å². The summed E-state index contributed by atoms with van der Waals surface area (Å²) in [6, 6.07) is 21.0. The summed E-state index contributed by atoms with van der Waals surface area (Å²) in [7, 11) is 0. The molecule has 6 aromatic rings. The second-order valence-corrected chi connectivity index (χ2v) is 10.6. The van der Waals surface area contributed by atoms with Crippen molar-refractivity contribution >= 4 is 70.8 Å². The minimum absolute atomic E-state index is 0.116. The number of aromatic nitrogens is 7. The lowest BCUT2D eigenvalue weighted by molar-refractivity contribution is 0.0924. The van der Waals surface area contributed by atoms with Gasteiger partial charge in [0.1, 0.15) is 16.0 Å². The number of nitrogens with zero attached hydrogens (tertiary/aromatic N) is 5. The molecule has 0 aliphatic carbocycles. The summed E-state index contributed by atoms with van der Waals surface area (Å²) in [6.45, 7) is 0. The van der Waals surface area contributed by atoms with Gasteiger partial charge in [-0.2, -0.15) is 0 Å². The maximum atomic E-state index is 16.2. The van der Waals surface area contributed by atoms with Gasteiger partial charge in [-0.15, -0.1) is 11.3 Å². The number of para-hydroxylation sites is 1. The Kier molecular flexibility index (Phi) is 4.92. The lowest BCUT2D eigenvalue weighted by atomic mass is 10.1. The molecule has 0 fully saturated rings. The van der Waals surface area contributed by atoms with Crippen molar-refractivity contribution in [3.05, 3.63) is 96.7 Å². The van der Waals surface area contributed by atoms with E-state index in [0.717, 1.165) is 15.6 Å². The summed E-state index contributed by atoms with van der Waals surface area (Å²) < 4.78 is 18.8. The highest BCUT2D eigenvalue weighted by molar-refractivity contribution is 7.24. The summed E-state index contributed by atoms with van der Waals surface area (Å²) in [5.74, 6) is -0.671. The van der Waals surface area contributed by atoms with Gasteiger partial charge in [-0.05, 0) is 29.8 Å². The van der Waals surface area contributed by atoms with Crippen molar-refractivity contribution in [1.29, 1.82) is 0 Å². The minimum atomic E-state index is -0.534. The fourth-order valence-electron chi connectivity index (χ4n) is 5.20. The Morgan fingerprint density at radius 3 is 2.73 bits per heavy atom. The van der Waals surface area contributed by atoms with Crippen molar-refractivity contribution < 1.29 is 9.18 Å². The topological polar surface area (TPSA) is 105 Å². The van der Waals surface area contributed by atoms with Gasteiger partial charge in [0.25, 0.3) is 0 Å². The molecule has 8 rings (SSSR count). The van der Waals surface area contributed by atoms with Crippen LogP contribution in [-0.2, 0) is 6.42 Å². The largest absolute Gasteiger partial charge is 0.298 e. The summed E-state index contributed by atoms with van der Waals surface area (Å²) in [5, 5.41) is 7.35. The van der Waals surface area contributed by atoms with Gasteiger partial charge in [0, 0.05) is 21.7 Å². The van der Waals surface area contributed by atoms with Gasteiger partial charge in [0.15, 0.2) is 11.5 Å². The number of halogens is 1. The molecule has 0 unspecified atom stereocenters. The van der Waals surface area contributed by atoms with Crippen LogP contribution in [0.3, 0.4) is 0 Å². The first-order chi connectivity index (χ1) is 19.6. The number of thiophene rings is 1. The Morgan fingerprint density at radius 2 is 1.82 bits per heavy atom. The predicted octanol–water partition coefficient (Wildman–Crippen LogP) is 6.80. The highest BCUT2D eigenvalue weighted by Gasteiger charge is 2.21. The Balaban J connectivity index is 1.54. The number of hydrogen-bond acceptors (Lipinski definition) is 6. The second-order valence-electron chi connectivity index (χ2n) is 9.52. The zero-order valence-electron chi connectivity index (χ0n) is 20.7. The van der Waals surface area contributed by atoms with E-state index in [1.807, 2.05) is 60.7 Å². The van der Waals surface area contributed by atoms with Gasteiger partial charge in [0.2, 0.25) is 5.91 Å². The fraction of sp³-hybridized carbons (Fsp3) is 0.0333. The zero-order chi connectivity index (χ0) is 26.8. The average Bonchev–Trinajstić information content (AvgIpc) is 3.72. The van der Waals surface area contributed by atoms with Gasteiger partial charge >= 0.3 is 0 Å². The lowest BCUT2D eigenvalue weighted by Gasteiger charge is -2.08. The molecule has 2 aliphatic heterocycles. The molecule has 2 aliphatic rings. The van der Waals surface area contributed by atoms with Crippen LogP contribution in [0.5, 0.6) is 0 Å². The molecule has 0 amide bonds. The van der Waals surface area contributed by atoms with Crippen LogP contribution in [-0.4, -0.2) is 40.6 Å². The number of hydrogen-bond donors (Lipinski definition) is 2. The molecule has 192 valence electrons. The van der Waals surface area contributed by atoms with Crippen LogP contribution in [0.1, 0.15) is 10.4 Å². The van der Waals surface area contributed by atoms with E-state index in [-0.39, 0.29) is 17.8 Å². The molecule has 8 bridgehead atoms. The maximum absolute atomic E-state index is 16.2. The molecule has 2 N–H and O–H groups in total. The van der Waals surface area contributed by atoms with Gasteiger partial charge in [-0.3, -0.25) is 29.5 Å². The Bertz CT molecular complexity index is 2300. The number of benzene rings is 2. The normalized spacial score (nSPS) is 11.8. The quantitative estimate of drug-likeness (QED) is 0.249. The van der Waals surface area contributed by atoms with Crippen molar-refractivity contribution in [1.82, 2.24) is 34.7 Å². The van der Waals surface area contributed by atoms with Crippen molar-refractivity contribution in [2.24, 2.45) is 0 Å². The number of nitrogens with one attached hydrogen (secondary N) is 2. The van der Waals surface area contributed by atoms with Crippen molar-refractivity contribution in [3.63, 3.8) is 0 Å². The van der Waals surface area contributed by atoms with Crippen LogP contribution in [0.25, 0.3) is 64.8 Å². The number of pyridine rings is 2. The first-order valence-corrected chi connectivity index (χ1v) is 13.4. The molecule has 10 heteroatoms. The molecule has 8 nitrogen and oxygen atoms in total. The van der Waals surface area contributed by atoms with Crippen molar-refractivity contribution in [2.45, 2.75) is 6.42 Å². The molecule has 0 saturated carbocycles. The maximum Gasteiger partial charge on any atom is 0.236 e. The minimum Gasteiger partial charge on any atom is -0.298 e. The molecule has 0 spiro atoms. The third-order valence-corrected chi connectivity index (χ3v) is 8.16. The van der Waals surface area contributed by atoms with Gasteiger partial charge in [-0.1, -0.05) is 42.5 Å². The monoisotopic (exact) mass is 543 g/mol. The van der Waals surface area contributed by atoms with Crippen LogP contribution in [0, 0.1) is 5.82 Å². The van der Waals surface area contributed by atoms with E-state index >= 15 is 4.39 Å². The van der Waals surface area contributed by atoms with Crippen molar-refractivity contribution in [3.8, 4) is 11.3 Å². The molecule has 4 aromatic heterocycles. The van der Waals surface area contributed by atoms with Crippen LogP contribution in [0.2, 0.25) is 0 Å². The molecule has 40 heavy (non-hydrogen) atoms. The van der Waals surface area contributed by atoms with Crippen LogP contribution in [0.15, 0.2) is 85.3 Å². The van der Waals surface area contributed by atoms with E-state index in [1.165, 1.54) is 11.3 Å². The standard InChI is InChI=1S/C30H18FN7OS/c31-26-25-21-15-33-27(26)17-12-18(14-32-13-17)38(23(39)11-16-5-2-1-3-6-16)24-10-9-22(40-24)19-7-4-8-20-28(19)35-30(34-20)29(25)37-36-21/h1-10,12-15,36-37H,11H2. The predicted molar refractivity (Wildman–Crippen MR) is 155 cm³/mol. The number of H-pyrrole nitrogens is 2. The van der Waals surface area contributed by atoms with E-state index in [4.69, 9.17) is 9.97 Å². The van der Waals surface area contributed by atoms with Crippen LogP contribution in [0.4, 0.5) is 4.39 Å². The third-order valence-electron chi connectivity index (χ3n) is 7.05. The van der Waals surface area contributed by atoms with E-state index in [2.05, 4.69) is 20.2 Å². The molecule has 6 heterocycles. The Hall–Kier alpha value is -5.22. The third kappa shape index (κ3) is 3.46. The number of carbonyl (C=O) groups is 1. The van der Waals surface area contributed by atoms with E-state index in [0.29, 0.717) is 49.2 Å². The van der Waals surface area contributed by atoms with Crippen LogP contribution >= 0.6 is 11.3 Å². The molecule has 0 radical (unpaired) electrons. The van der Waals surface area contributed by atoms with Gasteiger partial charge < -0.3 is 0 Å². The van der Waals surface area contributed by atoms with E-state index < -0.39 is 5.82 Å². The SMILES string of the molecule is O=C(Cc1ccccc1)n1c2cncc(c2)c2ncc3[nH][nH]c(c4nc5cccc(c6ccc1s6)c5n4)-c3c2F. The number of fused-ring (bicyclic) bond motifs is 9. The first-order valence-electron chi connectivity index (χ1n) is 12.6. The molecular weight excluding hydrogens is 525 g/mol. The van der Waals surface area contributed by atoms with Crippen molar-refractivity contribution in [2.75, 3.05) is 0 Å². The summed E-state index contributed by atoms with van der Waals surface area (Å²) in [5.41, 5.74) is 4.52. The van der Waals surface area contributed by atoms with E-state index in [1.54, 1.807) is 29.2 Å². The number of aromatic amines is 2. The molecule has 0 atom stereocenters. The number of imidazole rings is 1. The number of rotatable bonds is 2. The van der Waals surface area contributed by atoms with E-state index in [9.17, 15) is 4.79 Å². The fourth-order valence-corrected chi connectivity index (χ4v) is 6.27. The molecular formula is C30H18FN7OS. The summed E-state index contributed by atoms with van der Waals surface area (Å²) in [4.78, 5) is 32.9. The summed E-state index contributed by atoms with van der Waals surface area (Å²) >= 11 is 1.47. The first kappa shape index (κ1) is 22.7. The highest BCUT2D eigenvalue weighted by Crippen LogP contribution is 2.34.